The smallest absolute Gasteiger partial charge is 0.272 e. The van der Waals surface area contributed by atoms with Crippen LogP contribution in [0.5, 0.6) is 0 Å². The van der Waals surface area contributed by atoms with Crippen LogP contribution in [0.25, 0.3) is 5.69 Å². The summed E-state index contributed by atoms with van der Waals surface area (Å²) < 4.78 is 1.93. The lowest BCUT2D eigenvalue weighted by Gasteiger charge is -2.16. The molecule has 1 saturated carbocycles. The molecule has 0 spiro atoms. The number of amides is 1. The van der Waals surface area contributed by atoms with Gasteiger partial charge in [0.15, 0.2) is 5.69 Å². The minimum atomic E-state index is -0.0896. The molecule has 5 heteroatoms. The maximum atomic E-state index is 12.8. The van der Waals surface area contributed by atoms with E-state index in [1.165, 1.54) is 0 Å². The molecule has 1 aromatic heterocycles. The van der Waals surface area contributed by atoms with Gasteiger partial charge in [-0.3, -0.25) is 4.79 Å². The van der Waals surface area contributed by atoms with Gasteiger partial charge in [-0.15, -0.1) is 0 Å². The molecule has 1 atom stereocenters. The zero-order valence-corrected chi connectivity index (χ0v) is 13.7. The van der Waals surface area contributed by atoms with Gasteiger partial charge in [-0.25, -0.2) is 4.68 Å². The highest BCUT2D eigenvalue weighted by molar-refractivity contribution is 5.94. The second-order valence-corrected chi connectivity index (χ2v) is 6.80. The van der Waals surface area contributed by atoms with E-state index in [9.17, 15) is 9.90 Å². The lowest BCUT2D eigenvalue weighted by molar-refractivity contribution is 0.0918. The van der Waals surface area contributed by atoms with Crippen molar-refractivity contribution in [2.24, 2.45) is 5.92 Å². The molecule has 1 unspecified atom stereocenters. The summed E-state index contributed by atoms with van der Waals surface area (Å²) in [4.78, 5) is 12.8. The van der Waals surface area contributed by atoms with Gasteiger partial charge in [0, 0.05) is 23.9 Å². The Morgan fingerprint density at radius 1 is 1.29 bits per heavy atom. The molecule has 2 aromatic rings. The van der Waals surface area contributed by atoms with Gasteiger partial charge in [-0.05, 0) is 56.6 Å². The van der Waals surface area contributed by atoms with E-state index in [0.29, 0.717) is 18.0 Å². The molecule has 1 amide bonds. The van der Waals surface area contributed by atoms with E-state index in [2.05, 4.69) is 10.4 Å². The molecule has 24 heavy (non-hydrogen) atoms. The molecule has 0 radical (unpaired) electrons. The predicted molar refractivity (Wildman–Crippen MR) is 91.3 cm³/mol. The summed E-state index contributed by atoms with van der Waals surface area (Å²) in [6, 6.07) is 10.1. The van der Waals surface area contributed by atoms with Crippen molar-refractivity contribution in [3.63, 3.8) is 0 Å². The summed E-state index contributed by atoms with van der Waals surface area (Å²) in [6.07, 6.45) is 5.86. The van der Waals surface area contributed by atoms with Crippen LogP contribution < -0.4 is 5.32 Å². The first-order valence-electron chi connectivity index (χ1n) is 8.86. The normalized spacial score (nSPS) is 17.5. The average molecular weight is 325 g/mol. The minimum absolute atomic E-state index is 0.0708. The molecule has 0 saturated heterocycles. The van der Waals surface area contributed by atoms with E-state index in [4.69, 9.17) is 0 Å². The van der Waals surface area contributed by atoms with Crippen LogP contribution in [0.4, 0.5) is 0 Å². The number of fused-ring (bicyclic) bond motifs is 1. The number of rotatable bonds is 6. The Morgan fingerprint density at radius 2 is 2.08 bits per heavy atom. The molecule has 1 aromatic carbocycles. The van der Waals surface area contributed by atoms with Gasteiger partial charge in [0.2, 0.25) is 0 Å². The number of carbonyl (C=O) groups is 1. The molecule has 0 aliphatic heterocycles. The number of nitrogens with one attached hydrogen (secondary N) is 1. The van der Waals surface area contributed by atoms with Crippen molar-refractivity contribution in [3.05, 3.63) is 47.3 Å². The van der Waals surface area contributed by atoms with Crippen LogP contribution in [0.1, 0.15) is 47.4 Å². The fraction of sp³-hybridized carbons (Fsp3) is 0.474. The van der Waals surface area contributed by atoms with Gasteiger partial charge in [-0.2, -0.15) is 5.10 Å². The van der Waals surface area contributed by atoms with Gasteiger partial charge in [-0.1, -0.05) is 18.2 Å². The first kappa shape index (κ1) is 15.4. The van der Waals surface area contributed by atoms with Crippen LogP contribution in [0, 0.1) is 5.92 Å². The molecule has 0 bridgehead atoms. The van der Waals surface area contributed by atoms with E-state index in [1.54, 1.807) is 0 Å². The molecule has 5 nitrogen and oxygen atoms in total. The Balaban J connectivity index is 1.62. The van der Waals surface area contributed by atoms with Gasteiger partial charge in [0.05, 0.1) is 5.69 Å². The SMILES string of the molecule is O=C(NC(CCO)C1CC1)c1nn(-c2ccccc2)c2c1CCC2. The highest BCUT2D eigenvalue weighted by Crippen LogP contribution is 2.34. The molecular weight excluding hydrogens is 302 g/mol. The average Bonchev–Trinajstić information content (AvgIpc) is 3.22. The summed E-state index contributed by atoms with van der Waals surface area (Å²) in [5.74, 6) is 0.429. The molecule has 1 heterocycles. The Bertz CT molecular complexity index is 735. The van der Waals surface area contributed by atoms with Gasteiger partial charge in [0.1, 0.15) is 0 Å². The quantitative estimate of drug-likeness (QED) is 0.856. The summed E-state index contributed by atoms with van der Waals surface area (Å²) in [6.45, 7) is 0.109. The van der Waals surface area contributed by atoms with Crippen LogP contribution >= 0.6 is 0 Å². The number of aliphatic hydroxyl groups is 1. The van der Waals surface area contributed by atoms with Gasteiger partial charge >= 0.3 is 0 Å². The molecule has 2 N–H and O–H groups in total. The standard InChI is InChI=1S/C19H23N3O2/c23-12-11-16(13-9-10-13)20-19(24)18-15-7-4-8-17(15)22(21-18)14-5-2-1-3-6-14/h1-3,5-6,13,16,23H,4,7-12H2,(H,20,24). The fourth-order valence-electron chi connectivity index (χ4n) is 3.70. The number of benzene rings is 1. The molecule has 2 aliphatic rings. The van der Waals surface area contributed by atoms with Crippen molar-refractivity contribution in [3.8, 4) is 5.69 Å². The van der Waals surface area contributed by atoms with Crippen molar-refractivity contribution >= 4 is 5.91 Å². The Labute approximate surface area is 141 Å². The lowest BCUT2D eigenvalue weighted by Crippen LogP contribution is -2.37. The van der Waals surface area contributed by atoms with Crippen LogP contribution in [0.2, 0.25) is 0 Å². The summed E-state index contributed by atoms with van der Waals surface area (Å²) in [5, 5.41) is 17.0. The number of aliphatic hydroxyl groups excluding tert-OH is 1. The topological polar surface area (TPSA) is 67.2 Å². The maximum absolute atomic E-state index is 12.8. The minimum Gasteiger partial charge on any atom is -0.396 e. The summed E-state index contributed by atoms with van der Waals surface area (Å²) in [5.41, 5.74) is 3.82. The molecular formula is C19H23N3O2. The fourth-order valence-corrected chi connectivity index (χ4v) is 3.70. The van der Waals surface area contributed by atoms with E-state index in [0.717, 1.165) is 49.0 Å². The Kier molecular flexibility index (Phi) is 4.10. The number of hydrogen-bond acceptors (Lipinski definition) is 3. The summed E-state index contributed by atoms with van der Waals surface area (Å²) >= 11 is 0. The highest BCUT2D eigenvalue weighted by Gasteiger charge is 2.34. The van der Waals surface area contributed by atoms with Crippen LogP contribution in [-0.2, 0) is 12.8 Å². The molecule has 1 fully saturated rings. The van der Waals surface area contributed by atoms with E-state index in [-0.39, 0.29) is 18.6 Å². The van der Waals surface area contributed by atoms with Crippen molar-refractivity contribution in [1.29, 1.82) is 0 Å². The van der Waals surface area contributed by atoms with E-state index >= 15 is 0 Å². The van der Waals surface area contributed by atoms with Gasteiger partial charge in [0.25, 0.3) is 5.91 Å². The second kappa shape index (κ2) is 6.40. The number of aromatic nitrogens is 2. The number of para-hydroxylation sites is 1. The number of nitrogens with zero attached hydrogens (tertiary/aromatic N) is 2. The zero-order chi connectivity index (χ0) is 16.5. The Morgan fingerprint density at radius 3 is 2.79 bits per heavy atom. The Hall–Kier alpha value is -2.14. The zero-order valence-electron chi connectivity index (χ0n) is 13.7. The van der Waals surface area contributed by atoms with Crippen molar-refractivity contribution < 1.29 is 9.90 Å². The van der Waals surface area contributed by atoms with Crippen LogP contribution in [-0.4, -0.2) is 33.4 Å². The molecule has 2 aliphatic carbocycles. The largest absolute Gasteiger partial charge is 0.396 e. The van der Waals surface area contributed by atoms with Crippen molar-refractivity contribution in [2.75, 3.05) is 6.61 Å². The predicted octanol–water partition coefficient (Wildman–Crippen LogP) is 2.25. The van der Waals surface area contributed by atoms with Gasteiger partial charge < -0.3 is 10.4 Å². The lowest BCUT2D eigenvalue weighted by atomic mass is 10.1. The highest BCUT2D eigenvalue weighted by atomic mass is 16.3. The van der Waals surface area contributed by atoms with Crippen LogP contribution in [0.15, 0.2) is 30.3 Å². The third-order valence-electron chi connectivity index (χ3n) is 5.09. The monoisotopic (exact) mass is 325 g/mol. The third-order valence-corrected chi connectivity index (χ3v) is 5.09. The molecule has 4 rings (SSSR count). The number of carbonyl (C=O) groups excluding carboxylic acids is 1. The summed E-state index contributed by atoms with van der Waals surface area (Å²) in [7, 11) is 0. The second-order valence-electron chi connectivity index (χ2n) is 6.80. The van der Waals surface area contributed by atoms with Crippen molar-refractivity contribution in [2.45, 2.75) is 44.6 Å². The first-order chi connectivity index (χ1) is 11.8. The number of hydrogen-bond donors (Lipinski definition) is 2. The third kappa shape index (κ3) is 2.84. The van der Waals surface area contributed by atoms with E-state index < -0.39 is 0 Å². The maximum Gasteiger partial charge on any atom is 0.272 e. The van der Waals surface area contributed by atoms with Crippen LogP contribution in [0.3, 0.4) is 0 Å². The first-order valence-corrected chi connectivity index (χ1v) is 8.86. The molecule has 126 valence electrons. The van der Waals surface area contributed by atoms with E-state index in [1.807, 2.05) is 35.0 Å². The van der Waals surface area contributed by atoms with Crippen molar-refractivity contribution in [1.82, 2.24) is 15.1 Å².